The van der Waals surface area contributed by atoms with Gasteiger partial charge >= 0.3 is 13.5 Å². The Morgan fingerprint density at radius 1 is 1.00 bits per heavy atom. The number of halogens is 1. The Kier molecular flexibility index (Phi) is 8.14. The van der Waals surface area contributed by atoms with Crippen LogP contribution < -0.4 is 14.8 Å². The van der Waals surface area contributed by atoms with Gasteiger partial charge in [-0.2, -0.15) is 0 Å². The van der Waals surface area contributed by atoms with Crippen molar-refractivity contribution in [1.82, 2.24) is 4.67 Å². The molecule has 184 valence electrons. The summed E-state index contributed by atoms with van der Waals surface area (Å²) in [5.74, 6) is 1.46. The van der Waals surface area contributed by atoms with Crippen molar-refractivity contribution >= 4 is 30.4 Å². The fourth-order valence-electron chi connectivity index (χ4n) is 3.97. The van der Waals surface area contributed by atoms with Crippen LogP contribution in [0.4, 0.5) is 0 Å². The molecule has 1 aliphatic rings. The van der Waals surface area contributed by atoms with Crippen molar-refractivity contribution in [3.05, 3.63) is 83.4 Å². The van der Waals surface area contributed by atoms with Gasteiger partial charge in [0.05, 0.1) is 25.6 Å². The summed E-state index contributed by atoms with van der Waals surface area (Å²) in [5.41, 5.74) is 0.918. The fraction of sp³-hybridized carbons (Fsp3) is 0.269. The molecule has 0 bridgehead atoms. The third-order valence-corrected chi connectivity index (χ3v) is 8.50. The van der Waals surface area contributed by atoms with Crippen LogP contribution >= 0.6 is 19.1 Å². The van der Waals surface area contributed by atoms with Crippen LogP contribution in [0, 0.1) is 0 Å². The van der Waals surface area contributed by atoms with E-state index in [1.54, 1.807) is 67.2 Å². The molecule has 0 amide bonds. The second kappa shape index (κ2) is 11.3. The SMILES string of the molecule is CCOC(=O)CN1C(c2ccc(OC)cc2)CCOP1(=O)c1ccc(Oc2ccc(Cl)cc2)cc1. The molecule has 1 aliphatic heterocycles. The van der Waals surface area contributed by atoms with E-state index in [2.05, 4.69) is 0 Å². The van der Waals surface area contributed by atoms with E-state index in [9.17, 15) is 9.36 Å². The Morgan fingerprint density at radius 3 is 2.20 bits per heavy atom. The average molecular weight is 516 g/mol. The van der Waals surface area contributed by atoms with Gasteiger partial charge in [-0.25, -0.2) is 4.67 Å². The van der Waals surface area contributed by atoms with Crippen molar-refractivity contribution in [1.29, 1.82) is 0 Å². The van der Waals surface area contributed by atoms with E-state index in [1.165, 1.54) is 0 Å². The number of methoxy groups -OCH3 is 1. The summed E-state index contributed by atoms with van der Waals surface area (Å²) in [6.07, 6.45) is 0.577. The fourth-order valence-corrected chi connectivity index (χ4v) is 6.48. The number of ether oxygens (including phenoxy) is 3. The predicted molar refractivity (Wildman–Crippen MR) is 135 cm³/mol. The molecule has 2 unspecified atom stereocenters. The first-order valence-electron chi connectivity index (χ1n) is 11.3. The molecule has 7 nitrogen and oxygen atoms in total. The minimum Gasteiger partial charge on any atom is -0.497 e. The molecule has 35 heavy (non-hydrogen) atoms. The smallest absolute Gasteiger partial charge is 0.320 e. The topological polar surface area (TPSA) is 74.3 Å². The van der Waals surface area contributed by atoms with Gasteiger partial charge in [0.2, 0.25) is 0 Å². The minimum absolute atomic E-state index is 0.162. The molecule has 1 fully saturated rings. The molecule has 0 aliphatic carbocycles. The second-order valence-corrected chi connectivity index (χ2v) is 10.6. The molecule has 1 heterocycles. The normalized spacial score (nSPS) is 20.3. The quantitative estimate of drug-likeness (QED) is 0.269. The van der Waals surface area contributed by atoms with E-state index in [0.717, 1.165) is 11.3 Å². The highest BCUT2D eigenvalue weighted by Crippen LogP contribution is 2.57. The number of nitrogens with zero attached hydrogens (tertiary/aromatic N) is 1. The highest BCUT2D eigenvalue weighted by atomic mass is 35.5. The van der Waals surface area contributed by atoms with Crippen LogP contribution in [0.3, 0.4) is 0 Å². The van der Waals surface area contributed by atoms with Gasteiger partial charge in [-0.05, 0) is 79.6 Å². The molecule has 1 saturated heterocycles. The largest absolute Gasteiger partial charge is 0.497 e. The molecule has 0 radical (unpaired) electrons. The van der Waals surface area contributed by atoms with Crippen LogP contribution in [0.15, 0.2) is 72.8 Å². The van der Waals surface area contributed by atoms with Gasteiger partial charge in [0, 0.05) is 11.1 Å². The van der Waals surface area contributed by atoms with Crippen LogP contribution in [-0.2, 0) is 18.6 Å². The monoisotopic (exact) mass is 515 g/mol. The lowest BCUT2D eigenvalue weighted by molar-refractivity contribution is -0.144. The highest BCUT2D eigenvalue weighted by molar-refractivity contribution is 7.64. The van der Waals surface area contributed by atoms with Gasteiger partial charge in [-0.3, -0.25) is 9.36 Å². The zero-order chi connectivity index (χ0) is 24.8. The molecule has 2 atom stereocenters. The zero-order valence-corrected chi connectivity index (χ0v) is 21.2. The summed E-state index contributed by atoms with van der Waals surface area (Å²) in [5, 5.41) is 1.09. The van der Waals surface area contributed by atoms with Crippen LogP contribution in [-0.4, -0.2) is 37.5 Å². The maximum atomic E-state index is 14.3. The highest BCUT2D eigenvalue weighted by Gasteiger charge is 2.44. The van der Waals surface area contributed by atoms with Gasteiger partial charge in [0.25, 0.3) is 0 Å². The molecule has 3 aromatic rings. The molecule has 3 aromatic carbocycles. The maximum Gasteiger partial charge on any atom is 0.320 e. The van der Waals surface area contributed by atoms with Gasteiger partial charge in [0.1, 0.15) is 23.8 Å². The van der Waals surface area contributed by atoms with Crippen molar-refractivity contribution in [2.75, 3.05) is 26.9 Å². The first-order chi connectivity index (χ1) is 16.9. The first kappa shape index (κ1) is 25.3. The molecule has 0 aromatic heterocycles. The number of hydrogen-bond donors (Lipinski definition) is 0. The second-order valence-electron chi connectivity index (χ2n) is 7.88. The van der Waals surface area contributed by atoms with Crippen molar-refractivity contribution in [3.63, 3.8) is 0 Å². The van der Waals surface area contributed by atoms with E-state index in [4.69, 9.17) is 30.3 Å². The predicted octanol–water partition coefficient (Wildman–Crippen LogP) is 5.99. The number of carbonyl (C=O) groups excluding carboxylic acids is 1. The third kappa shape index (κ3) is 5.88. The Balaban J connectivity index is 1.63. The summed E-state index contributed by atoms with van der Waals surface area (Å²) in [7, 11) is -1.97. The summed E-state index contributed by atoms with van der Waals surface area (Å²) in [6.45, 7) is 2.10. The van der Waals surface area contributed by atoms with Crippen LogP contribution in [0.2, 0.25) is 5.02 Å². The molecular formula is C26H27ClNO6P. The Bertz CT molecular complexity index is 1180. The van der Waals surface area contributed by atoms with Gasteiger partial charge in [-0.15, -0.1) is 0 Å². The van der Waals surface area contributed by atoms with Crippen LogP contribution in [0.1, 0.15) is 24.9 Å². The summed E-state index contributed by atoms with van der Waals surface area (Å²) in [6, 6.07) is 21.1. The van der Waals surface area contributed by atoms with E-state index in [-0.39, 0.29) is 25.8 Å². The van der Waals surface area contributed by atoms with E-state index >= 15 is 0 Å². The third-order valence-electron chi connectivity index (χ3n) is 5.66. The van der Waals surface area contributed by atoms with Crippen molar-refractivity contribution in [2.24, 2.45) is 0 Å². The maximum absolute atomic E-state index is 14.3. The number of rotatable bonds is 8. The summed E-state index contributed by atoms with van der Waals surface area (Å²) >= 11 is 5.93. The van der Waals surface area contributed by atoms with E-state index in [1.807, 2.05) is 24.3 Å². The van der Waals surface area contributed by atoms with Crippen LogP contribution in [0.5, 0.6) is 17.2 Å². The lowest BCUT2D eigenvalue weighted by atomic mass is 10.0. The molecule has 0 spiro atoms. The standard InChI is InChI=1S/C26H27ClNO6P/c1-3-32-26(29)18-28-25(19-4-8-21(31-2)9-5-19)16-17-33-35(28,30)24-14-12-23(13-15-24)34-22-10-6-20(27)7-11-22/h4-15,25H,3,16-18H2,1-2H3. The Hall–Kier alpha value is -2.83. The Labute approximate surface area is 210 Å². The molecule has 4 rings (SSSR count). The van der Waals surface area contributed by atoms with E-state index < -0.39 is 13.5 Å². The number of benzene rings is 3. The molecule has 0 saturated carbocycles. The molecule has 9 heteroatoms. The number of esters is 1. The Morgan fingerprint density at radius 2 is 1.60 bits per heavy atom. The minimum atomic E-state index is -3.57. The van der Waals surface area contributed by atoms with Crippen molar-refractivity contribution < 1.29 is 28.1 Å². The van der Waals surface area contributed by atoms with Crippen molar-refractivity contribution in [2.45, 2.75) is 19.4 Å². The number of hydrogen-bond acceptors (Lipinski definition) is 6. The lowest BCUT2D eigenvalue weighted by Crippen LogP contribution is -2.39. The lowest BCUT2D eigenvalue weighted by Gasteiger charge is -2.41. The molecular weight excluding hydrogens is 489 g/mol. The van der Waals surface area contributed by atoms with Gasteiger partial charge in [-0.1, -0.05) is 23.7 Å². The summed E-state index contributed by atoms with van der Waals surface area (Å²) in [4.78, 5) is 12.5. The van der Waals surface area contributed by atoms with Crippen LogP contribution in [0.25, 0.3) is 0 Å². The first-order valence-corrected chi connectivity index (χ1v) is 13.2. The average Bonchev–Trinajstić information content (AvgIpc) is 2.87. The van der Waals surface area contributed by atoms with Gasteiger partial charge < -0.3 is 18.7 Å². The molecule has 0 N–H and O–H groups in total. The summed E-state index contributed by atoms with van der Waals surface area (Å²) < 4.78 is 38.2. The van der Waals surface area contributed by atoms with Crippen molar-refractivity contribution in [3.8, 4) is 17.2 Å². The van der Waals surface area contributed by atoms with E-state index in [0.29, 0.717) is 28.2 Å². The number of carbonyl (C=O) groups is 1. The zero-order valence-electron chi connectivity index (χ0n) is 19.6. The van der Waals surface area contributed by atoms with Gasteiger partial charge in [0.15, 0.2) is 0 Å².